The third-order valence-corrected chi connectivity index (χ3v) is 7.55. The van der Waals surface area contributed by atoms with E-state index in [1.54, 1.807) is 0 Å². The number of hydrogen-bond acceptors (Lipinski definition) is 4. The molecule has 2 bridgehead atoms. The van der Waals surface area contributed by atoms with Crippen molar-refractivity contribution >= 4 is 11.7 Å². The number of quaternary nitrogens is 1. The van der Waals surface area contributed by atoms with Crippen LogP contribution in [0.25, 0.3) is 0 Å². The molecule has 3 aliphatic heterocycles. The Bertz CT molecular complexity index is 1070. The van der Waals surface area contributed by atoms with Gasteiger partial charge in [0.15, 0.2) is 12.1 Å². The SMILES string of the molecule is O=C(O[C@H]1C[N+]2(CCCOc3ccccc3)CCC1CC2)[C@H](Nc1ccccc1)c1ccccc1. The normalized spacial score (nSPS) is 23.9. The summed E-state index contributed by atoms with van der Waals surface area (Å²) in [5.74, 6) is 1.20. The fourth-order valence-corrected chi connectivity index (χ4v) is 5.62. The van der Waals surface area contributed by atoms with E-state index < -0.39 is 6.04 Å². The fraction of sp³-hybridized carbons (Fsp3) is 0.367. The third-order valence-electron chi connectivity index (χ3n) is 7.55. The van der Waals surface area contributed by atoms with Gasteiger partial charge in [-0.2, -0.15) is 0 Å². The number of fused-ring (bicyclic) bond motifs is 3. The van der Waals surface area contributed by atoms with Crippen LogP contribution in [0.1, 0.15) is 30.9 Å². The molecular weight excluding hydrogens is 436 g/mol. The van der Waals surface area contributed by atoms with E-state index in [0.717, 1.165) is 60.4 Å². The van der Waals surface area contributed by atoms with Gasteiger partial charge in [-0.25, -0.2) is 4.79 Å². The lowest BCUT2D eigenvalue weighted by Crippen LogP contribution is -2.64. The lowest BCUT2D eigenvalue weighted by molar-refractivity contribution is -0.946. The molecule has 0 aromatic heterocycles. The van der Waals surface area contributed by atoms with Crippen LogP contribution in [0.3, 0.4) is 0 Å². The maximum Gasteiger partial charge on any atom is 0.333 e. The molecule has 0 saturated carbocycles. The van der Waals surface area contributed by atoms with Gasteiger partial charge in [0.2, 0.25) is 0 Å². The summed E-state index contributed by atoms with van der Waals surface area (Å²) in [6, 6.07) is 29.2. The van der Waals surface area contributed by atoms with Gasteiger partial charge >= 0.3 is 5.97 Å². The number of nitrogens with one attached hydrogen (secondary N) is 1. The molecular formula is C30H35N2O3+. The molecule has 3 fully saturated rings. The van der Waals surface area contributed by atoms with Crippen LogP contribution in [-0.4, -0.2) is 49.3 Å². The van der Waals surface area contributed by atoms with Crippen LogP contribution in [0, 0.1) is 5.92 Å². The molecule has 0 unspecified atom stereocenters. The second-order valence-corrected chi connectivity index (χ2v) is 9.88. The van der Waals surface area contributed by atoms with Crippen molar-refractivity contribution in [3.63, 3.8) is 0 Å². The maximum absolute atomic E-state index is 13.5. The predicted octanol–water partition coefficient (Wildman–Crippen LogP) is 5.46. The largest absolute Gasteiger partial charge is 0.493 e. The van der Waals surface area contributed by atoms with E-state index in [1.807, 2.05) is 91.0 Å². The fourth-order valence-electron chi connectivity index (χ4n) is 5.62. The molecule has 0 amide bonds. The highest BCUT2D eigenvalue weighted by Crippen LogP contribution is 2.36. The minimum absolute atomic E-state index is 0.0242. The molecule has 5 heteroatoms. The number of carbonyl (C=O) groups is 1. The number of piperidine rings is 3. The van der Waals surface area contributed by atoms with Crippen LogP contribution in [0.2, 0.25) is 0 Å². The van der Waals surface area contributed by atoms with Crippen molar-refractivity contribution in [1.82, 2.24) is 0 Å². The number of hydrogen-bond donors (Lipinski definition) is 1. The van der Waals surface area contributed by atoms with E-state index in [4.69, 9.17) is 9.47 Å². The van der Waals surface area contributed by atoms with Gasteiger partial charge in [-0.3, -0.25) is 0 Å². The summed E-state index contributed by atoms with van der Waals surface area (Å²) >= 11 is 0. The molecule has 0 radical (unpaired) electrons. The lowest BCUT2D eigenvalue weighted by atomic mass is 9.83. The summed E-state index contributed by atoms with van der Waals surface area (Å²) in [6.07, 6.45) is 3.23. The monoisotopic (exact) mass is 471 g/mol. The van der Waals surface area contributed by atoms with Crippen LogP contribution in [-0.2, 0) is 9.53 Å². The lowest BCUT2D eigenvalue weighted by Gasteiger charge is -2.52. The number of esters is 1. The average Bonchev–Trinajstić information content (AvgIpc) is 2.92. The van der Waals surface area contributed by atoms with Crippen molar-refractivity contribution in [2.75, 3.05) is 38.1 Å². The molecule has 3 aromatic carbocycles. The van der Waals surface area contributed by atoms with Crippen molar-refractivity contribution in [1.29, 1.82) is 0 Å². The number of anilines is 1. The molecule has 182 valence electrons. The summed E-state index contributed by atoms with van der Waals surface area (Å²) in [5.41, 5.74) is 1.83. The molecule has 3 aromatic rings. The molecule has 0 spiro atoms. The zero-order valence-corrected chi connectivity index (χ0v) is 20.2. The van der Waals surface area contributed by atoms with Crippen molar-refractivity contribution in [2.24, 2.45) is 5.92 Å². The first-order valence-corrected chi connectivity index (χ1v) is 12.8. The zero-order valence-electron chi connectivity index (χ0n) is 20.2. The number of nitrogens with zero attached hydrogens (tertiary/aromatic N) is 1. The standard InChI is InChI=1S/C30H35N2O3/c33-30(29(25-11-4-1-5-12-25)31-26-13-6-2-7-14-26)35-28-23-32(20-17-24(28)18-21-32)19-10-22-34-27-15-8-3-9-16-27/h1-9,11-16,24,28-29,31H,10,17-23H2/q+1/t24?,28-,29+,32?/m0/s1. The van der Waals surface area contributed by atoms with Gasteiger partial charge in [0.25, 0.3) is 0 Å². The summed E-state index contributed by atoms with van der Waals surface area (Å²) in [5, 5.41) is 3.40. The highest BCUT2D eigenvalue weighted by Gasteiger charge is 2.47. The summed E-state index contributed by atoms with van der Waals surface area (Å²) in [7, 11) is 0. The minimum Gasteiger partial charge on any atom is -0.493 e. The van der Waals surface area contributed by atoms with E-state index >= 15 is 0 Å². The highest BCUT2D eigenvalue weighted by molar-refractivity contribution is 5.81. The molecule has 35 heavy (non-hydrogen) atoms. The molecule has 5 nitrogen and oxygen atoms in total. The van der Waals surface area contributed by atoms with Gasteiger partial charge in [-0.1, -0.05) is 66.7 Å². The summed E-state index contributed by atoms with van der Waals surface area (Å²) in [4.78, 5) is 13.5. The Kier molecular flexibility index (Phi) is 7.34. The Morgan fingerprint density at radius 3 is 2.20 bits per heavy atom. The van der Waals surface area contributed by atoms with Crippen LogP contribution in [0.15, 0.2) is 91.0 Å². The van der Waals surface area contributed by atoms with Crippen LogP contribution < -0.4 is 10.1 Å². The molecule has 3 saturated heterocycles. The van der Waals surface area contributed by atoms with Gasteiger partial charge in [-0.05, 0) is 29.8 Å². The van der Waals surface area contributed by atoms with Crippen LogP contribution >= 0.6 is 0 Å². The van der Waals surface area contributed by atoms with E-state index in [1.165, 1.54) is 13.1 Å². The molecule has 6 rings (SSSR count). The zero-order chi connectivity index (χ0) is 23.9. The number of rotatable bonds is 10. The first kappa shape index (κ1) is 23.4. The van der Waals surface area contributed by atoms with Crippen molar-refractivity contribution in [3.05, 3.63) is 96.6 Å². The Labute approximate surface area is 208 Å². The second kappa shape index (κ2) is 11.0. The molecule has 3 heterocycles. The third kappa shape index (κ3) is 5.85. The van der Waals surface area contributed by atoms with Gasteiger partial charge in [-0.15, -0.1) is 0 Å². The van der Waals surface area contributed by atoms with Crippen LogP contribution in [0.5, 0.6) is 5.75 Å². The summed E-state index contributed by atoms with van der Waals surface area (Å²) in [6.45, 7) is 5.05. The van der Waals surface area contributed by atoms with E-state index in [-0.39, 0.29) is 12.1 Å². The molecule has 3 aliphatic rings. The number of benzene rings is 3. The number of ether oxygens (including phenoxy) is 2. The number of para-hydroxylation sites is 2. The highest BCUT2D eigenvalue weighted by atomic mass is 16.5. The van der Waals surface area contributed by atoms with Gasteiger partial charge in [0.1, 0.15) is 12.3 Å². The Hall–Kier alpha value is -3.31. The smallest absolute Gasteiger partial charge is 0.333 e. The van der Waals surface area contributed by atoms with E-state index in [0.29, 0.717) is 5.92 Å². The summed E-state index contributed by atoms with van der Waals surface area (Å²) < 4.78 is 13.2. The van der Waals surface area contributed by atoms with E-state index in [9.17, 15) is 4.79 Å². The quantitative estimate of drug-likeness (QED) is 0.242. The second-order valence-electron chi connectivity index (χ2n) is 9.88. The van der Waals surface area contributed by atoms with Gasteiger partial charge in [0, 0.05) is 30.9 Å². The van der Waals surface area contributed by atoms with Gasteiger partial charge < -0.3 is 19.3 Å². The predicted molar refractivity (Wildman–Crippen MR) is 138 cm³/mol. The molecule has 2 atom stereocenters. The van der Waals surface area contributed by atoms with Gasteiger partial charge in [0.05, 0.1) is 26.2 Å². The Balaban J connectivity index is 1.21. The maximum atomic E-state index is 13.5. The molecule has 1 N–H and O–H groups in total. The van der Waals surface area contributed by atoms with Crippen molar-refractivity contribution in [3.8, 4) is 5.75 Å². The number of carbonyl (C=O) groups excluding carboxylic acids is 1. The van der Waals surface area contributed by atoms with E-state index in [2.05, 4.69) is 5.32 Å². The average molecular weight is 472 g/mol. The van der Waals surface area contributed by atoms with Crippen molar-refractivity contribution < 1.29 is 18.8 Å². The minimum atomic E-state index is -0.526. The Morgan fingerprint density at radius 1 is 0.886 bits per heavy atom. The first-order chi connectivity index (χ1) is 17.2. The topological polar surface area (TPSA) is 47.6 Å². The molecule has 0 aliphatic carbocycles. The van der Waals surface area contributed by atoms with Crippen molar-refractivity contribution in [2.45, 2.75) is 31.4 Å². The van der Waals surface area contributed by atoms with Crippen LogP contribution in [0.4, 0.5) is 5.69 Å². The first-order valence-electron chi connectivity index (χ1n) is 12.8. The Morgan fingerprint density at radius 2 is 1.51 bits per heavy atom.